The molecule has 164 valence electrons. The molecule has 5 heteroatoms. The molecule has 0 saturated carbocycles. The van der Waals surface area contributed by atoms with Gasteiger partial charge < -0.3 is 10.2 Å². The van der Waals surface area contributed by atoms with Gasteiger partial charge in [0.05, 0.1) is 6.54 Å². The minimum atomic E-state index is 0.255. The molecule has 5 rings (SSSR count). The van der Waals surface area contributed by atoms with Gasteiger partial charge in [0, 0.05) is 50.5 Å². The molecule has 3 aliphatic heterocycles. The predicted molar refractivity (Wildman–Crippen MR) is 125 cm³/mol. The summed E-state index contributed by atoms with van der Waals surface area (Å²) in [6, 6.07) is 18.2. The van der Waals surface area contributed by atoms with Gasteiger partial charge in [-0.1, -0.05) is 42.5 Å². The van der Waals surface area contributed by atoms with Crippen LogP contribution in [0.5, 0.6) is 0 Å². The Morgan fingerprint density at radius 3 is 2.55 bits per heavy atom. The van der Waals surface area contributed by atoms with Crippen molar-refractivity contribution >= 4 is 11.6 Å². The number of nitrogens with zero attached hydrogens (tertiary/aromatic N) is 3. The quantitative estimate of drug-likeness (QED) is 0.812. The van der Waals surface area contributed by atoms with Crippen molar-refractivity contribution in [2.24, 2.45) is 0 Å². The van der Waals surface area contributed by atoms with Crippen LogP contribution in [0.3, 0.4) is 0 Å². The fraction of sp³-hybridized carbons (Fsp3) is 0.500. The summed E-state index contributed by atoms with van der Waals surface area (Å²) in [5, 5.41) is 3.64. The lowest BCUT2D eigenvalue weighted by molar-refractivity contribution is -0.134. The van der Waals surface area contributed by atoms with Crippen LogP contribution < -0.4 is 5.32 Å². The van der Waals surface area contributed by atoms with Crippen molar-refractivity contribution in [3.63, 3.8) is 0 Å². The number of hydrogen-bond donors (Lipinski definition) is 1. The van der Waals surface area contributed by atoms with E-state index in [4.69, 9.17) is 0 Å². The third kappa shape index (κ3) is 4.48. The maximum atomic E-state index is 13.6. The van der Waals surface area contributed by atoms with Crippen LogP contribution in [-0.4, -0.2) is 65.9 Å². The van der Waals surface area contributed by atoms with Crippen LogP contribution in [0.25, 0.3) is 0 Å². The Balaban J connectivity index is 1.35. The molecule has 2 aromatic rings. The molecule has 1 amide bonds. The van der Waals surface area contributed by atoms with Gasteiger partial charge >= 0.3 is 0 Å². The second-order valence-electron chi connectivity index (χ2n) is 9.43. The number of carbonyl (C=O) groups is 1. The van der Waals surface area contributed by atoms with Crippen LogP contribution in [0.15, 0.2) is 48.5 Å². The number of benzene rings is 2. The summed E-state index contributed by atoms with van der Waals surface area (Å²) < 4.78 is 0. The Kier molecular flexibility index (Phi) is 5.97. The molecule has 0 aromatic heterocycles. The summed E-state index contributed by atoms with van der Waals surface area (Å²) in [5.41, 5.74) is 5.19. The monoisotopic (exact) mass is 418 g/mol. The topological polar surface area (TPSA) is 38.8 Å². The molecule has 3 heterocycles. The first-order chi connectivity index (χ1) is 15.2. The average Bonchev–Trinajstić information content (AvgIpc) is 3.11. The molecule has 5 nitrogen and oxygen atoms in total. The van der Waals surface area contributed by atoms with Gasteiger partial charge in [0.1, 0.15) is 0 Å². The molecular weight excluding hydrogens is 384 g/mol. The zero-order valence-electron chi connectivity index (χ0n) is 18.6. The molecule has 3 aliphatic rings. The number of carbonyl (C=O) groups excluding carboxylic acids is 1. The Hall–Kier alpha value is -2.37. The molecule has 0 unspecified atom stereocenters. The second-order valence-corrected chi connectivity index (χ2v) is 9.43. The number of fused-ring (bicyclic) bond motifs is 4. The lowest BCUT2D eigenvalue weighted by Gasteiger charge is -2.34. The van der Waals surface area contributed by atoms with Gasteiger partial charge in [-0.25, -0.2) is 0 Å². The van der Waals surface area contributed by atoms with Crippen LogP contribution in [0.2, 0.25) is 0 Å². The van der Waals surface area contributed by atoms with Crippen LogP contribution in [-0.2, 0) is 24.3 Å². The van der Waals surface area contributed by atoms with Gasteiger partial charge in [-0.3, -0.25) is 14.6 Å². The lowest BCUT2D eigenvalue weighted by atomic mass is 10.00. The Morgan fingerprint density at radius 1 is 0.935 bits per heavy atom. The molecule has 2 atom stereocenters. The van der Waals surface area contributed by atoms with Gasteiger partial charge in [0.25, 0.3) is 0 Å². The van der Waals surface area contributed by atoms with E-state index in [0.717, 1.165) is 39.0 Å². The van der Waals surface area contributed by atoms with Crippen molar-refractivity contribution in [3.05, 3.63) is 65.2 Å². The first kappa shape index (κ1) is 20.5. The van der Waals surface area contributed by atoms with E-state index in [1.54, 1.807) is 0 Å². The van der Waals surface area contributed by atoms with Crippen molar-refractivity contribution in [2.45, 2.75) is 50.9 Å². The summed E-state index contributed by atoms with van der Waals surface area (Å²) in [6.07, 6.45) is 4.60. The number of hydrogen-bond acceptors (Lipinski definition) is 4. The van der Waals surface area contributed by atoms with E-state index in [1.165, 1.54) is 35.2 Å². The molecule has 1 fully saturated rings. The Morgan fingerprint density at radius 2 is 1.68 bits per heavy atom. The van der Waals surface area contributed by atoms with Crippen LogP contribution in [0.1, 0.15) is 36.0 Å². The minimum Gasteiger partial charge on any atom is -0.385 e. The van der Waals surface area contributed by atoms with Crippen LogP contribution in [0, 0.1) is 0 Å². The highest BCUT2D eigenvalue weighted by molar-refractivity contribution is 5.78. The first-order valence-electron chi connectivity index (χ1n) is 11.8. The summed E-state index contributed by atoms with van der Waals surface area (Å²) in [5.74, 6) is 0.255. The maximum absolute atomic E-state index is 13.6. The highest BCUT2D eigenvalue weighted by Gasteiger charge is 2.33. The summed E-state index contributed by atoms with van der Waals surface area (Å²) >= 11 is 0. The maximum Gasteiger partial charge on any atom is 0.237 e. The lowest BCUT2D eigenvalue weighted by Crippen LogP contribution is -2.47. The highest BCUT2D eigenvalue weighted by atomic mass is 16.2. The number of amides is 1. The molecule has 2 bridgehead atoms. The number of para-hydroxylation sites is 1. The van der Waals surface area contributed by atoms with Gasteiger partial charge in [-0.2, -0.15) is 0 Å². The van der Waals surface area contributed by atoms with E-state index >= 15 is 0 Å². The Bertz CT molecular complexity index is 929. The van der Waals surface area contributed by atoms with Crippen LogP contribution >= 0.6 is 0 Å². The smallest absolute Gasteiger partial charge is 0.237 e. The average molecular weight is 419 g/mol. The molecule has 0 spiro atoms. The summed E-state index contributed by atoms with van der Waals surface area (Å²) in [4.78, 5) is 20.5. The summed E-state index contributed by atoms with van der Waals surface area (Å²) in [6.45, 7) is 4.83. The molecule has 1 N–H and O–H groups in total. The fourth-order valence-corrected chi connectivity index (χ4v) is 5.56. The number of likely N-dealkylation sites (N-methyl/N-ethyl adjacent to an activating group) is 1. The number of rotatable bonds is 2. The van der Waals surface area contributed by atoms with Crippen molar-refractivity contribution in [1.29, 1.82) is 0 Å². The van der Waals surface area contributed by atoms with Crippen molar-refractivity contribution in [1.82, 2.24) is 14.7 Å². The van der Waals surface area contributed by atoms with Crippen molar-refractivity contribution in [2.75, 3.05) is 38.5 Å². The van der Waals surface area contributed by atoms with E-state index < -0.39 is 0 Å². The molecule has 0 aliphatic carbocycles. The predicted octanol–water partition coefficient (Wildman–Crippen LogP) is 3.35. The van der Waals surface area contributed by atoms with Crippen LogP contribution in [0.4, 0.5) is 5.69 Å². The van der Waals surface area contributed by atoms with Crippen molar-refractivity contribution < 1.29 is 4.79 Å². The van der Waals surface area contributed by atoms with E-state index in [0.29, 0.717) is 25.2 Å². The van der Waals surface area contributed by atoms with Gasteiger partial charge in [0.2, 0.25) is 5.91 Å². The zero-order chi connectivity index (χ0) is 21.2. The fourth-order valence-electron chi connectivity index (χ4n) is 5.56. The molecule has 1 saturated heterocycles. The van der Waals surface area contributed by atoms with E-state index in [1.807, 2.05) is 0 Å². The van der Waals surface area contributed by atoms with Crippen molar-refractivity contribution in [3.8, 4) is 0 Å². The van der Waals surface area contributed by atoms with E-state index in [9.17, 15) is 4.79 Å². The van der Waals surface area contributed by atoms with E-state index in [-0.39, 0.29) is 5.91 Å². The zero-order valence-corrected chi connectivity index (χ0v) is 18.6. The first-order valence-corrected chi connectivity index (χ1v) is 11.8. The third-order valence-electron chi connectivity index (χ3n) is 7.51. The summed E-state index contributed by atoms with van der Waals surface area (Å²) in [7, 11) is 2.25. The Labute approximate surface area is 186 Å². The van der Waals surface area contributed by atoms with Gasteiger partial charge in [-0.05, 0) is 55.5 Å². The van der Waals surface area contributed by atoms with E-state index in [2.05, 4.69) is 75.6 Å². The number of nitrogens with one attached hydrogen (secondary N) is 1. The van der Waals surface area contributed by atoms with Gasteiger partial charge in [-0.15, -0.1) is 0 Å². The molecule has 2 aromatic carbocycles. The third-order valence-corrected chi connectivity index (χ3v) is 7.51. The minimum absolute atomic E-state index is 0.255. The number of anilines is 1. The highest BCUT2D eigenvalue weighted by Crippen LogP contribution is 2.28. The normalized spacial score (nSPS) is 24.6. The SMILES string of the molecule is CN1[C@@H]2CCNc3ccccc3CN(C(=O)CN3CCc4ccccc4C3)C[C@H]1CC2. The molecule has 0 radical (unpaired) electrons. The molecular formula is C26H34N4O. The second kappa shape index (κ2) is 9.01. The molecule has 31 heavy (non-hydrogen) atoms. The largest absolute Gasteiger partial charge is 0.385 e. The van der Waals surface area contributed by atoms with Gasteiger partial charge in [0.15, 0.2) is 0 Å². The standard InChI is InChI=1S/C26H34N4O/c1-28-23-10-11-24(28)18-30(17-22-8-4-5-9-25(22)27-14-12-23)26(31)19-29-15-13-20-6-2-3-7-21(20)16-29/h2-9,23-24,27H,10-19H2,1H3/t23-,24+/m0/s1.